The van der Waals surface area contributed by atoms with Crippen LogP contribution in [0.1, 0.15) is 12.7 Å². The number of aryl methyl sites for hydroxylation is 1. The van der Waals surface area contributed by atoms with Crippen LogP contribution in [0.15, 0.2) is 27.7 Å². The van der Waals surface area contributed by atoms with Gasteiger partial charge in [-0.1, -0.05) is 15.9 Å². The first-order valence-corrected chi connectivity index (χ1v) is 6.94. The molecule has 19 heavy (non-hydrogen) atoms. The van der Waals surface area contributed by atoms with Gasteiger partial charge in [-0.25, -0.2) is 9.98 Å². The van der Waals surface area contributed by atoms with Gasteiger partial charge in [0.25, 0.3) is 0 Å². The van der Waals surface area contributed by atoms with E-state index in [4.69, 9.17) is 5.73 Å². The average Bonchev–Trinajstić information content (AvgIpc) is 2.72. The zero-order chi connectivity index (χ0) is 14.0. The largest absolute Gasteiger partial charge is 0.370 e. The lowest BCUT2D eigenvalue weighted by molar-refractivity contribution is 0.605. The number of fused-ring (bicyclic) bond motifs is 1. The van der Waals surface area contributed by atoms with Crippen LogP contribution in [0.5, 0.6) is 0 Å². The van der Waals surface area contributed by atoms with E-state index in [0.717, 1.165) is 27.9 Å². The third-order valence-electron chi connectivity index (χ3n) is 2.95. The normalized spacial score (nSPS) is 12.1. The highest BCUT2D eigenvalue weighted by Gasteiger charge is 2.09. The first-order chi connectivity index (χ1) is 9.02. The van der Waals surface area contributed by atoms with Crippen molar-refractivity contribution in [1.82, 2.24) is 14.5 Å². The Labute approximate surface area is 121 Å². The van der Waals surface area contributed by atoms with Crippen molar-refractivity contribution >= 4 is 32.9 Å². The van der Waals surface area contributed by atoms with Gasteiger partial charge in [-0.15, -0.1) is 0 Å². The zero-order valence-electron chi connectivity index (χ0n) is 11.4. The minimum absolute atomic E-state index is 0.490. The van der Waals surface area contributed by atoms with Gasteiger partial charge in [0.1, 0.15) is 12.4 Å². The Bertz CT molecular complexity index is 615. The second-order valence-corrected chi connectivity index (χ2v) is 5.39. The van der Waals surface area contributed by atoms with E-state index in [0.29, 0.717) is 12.5 Å². The standard InChI is InChI=1S/C13H18BrN5/c1-4-19-11-6-5-9(14)7-10(11)17-12(19)8-16-13(15)18(2)3/h5-7H,4,8H2,1-3H3,(H2,15,16). The summed E-state index contributed by atoms with van der Waals surface area (Å²) in [7, 11) is 3.75. The van der Waals surface area contributed by atoms with E-state index in [9.17, 15) is 0 Å². The predicted molar refractivity (Wildman–Crippen MR) is 82.1 cm³/mol. The van der Waals surface area contributed by atoms with Crippen LogP contribution >= 0.6 is 15.9 Å². The number of benzene rings is 1. The highest BCUT2D eigenvalue weighted by molar-refractivity contribution is 9.10. The fourth-order valence-corrected chi connectivity index (χ4v) is 2.27. The molecule has 102 valence electrons. The number of rotatable bonds is 3. The second-order valence-electron chi connectivity index (χ2n) is 4.47. The van der Waals surface area contributed by atoms with Crippen molar-refractivity contribution < 1.29 is 0 Å². The lowest BCUT2D eigenvalue weighted by Gasteiger charge is -2.10. The number of imidazole rings is 1. The molecule has 0 amide bonds. The fraction of sp³-hybridized carbons (Fsp3) is 0.385. The minimum atomic E-state index is 0.490. The molecule has 5 nitrogen and oxygen atoms in total. The van der Waals surface area contributed by atoms with Crippen LogP contribution in [0.2, 0.25) is 0 Å². The molecule has 0 saturated heterocycles. The third-order valence-corrected chi connectivity index (χ3v) is 3.44. The second kappa shape index (κ2) is 5.61. The summed E-state index contributed by atoms with van der Waals surface area (Å²) >= 11 is 3.47. The summed E-state index contributed by atoms with van der Waals surface area (Å²) in [6.45, 7) is 3.46. The topological polar surface area (TPSA) is 59.4 Å². The van der Waals surface area contributed by atoms with E-state index >= 15 is 0 Å². The predicted octanol–water partition coefficient (Wildman–Crippen LogP) is 2.20. The molecule has 1 heterocycles. The number of nitrogens with zero attached hydrogens (tertiary/aromatic N) is 4. The number of hydrogen-bond donors (Lipinski definition) is 1. The van der Waals surface area contributed by atoms with E-state index < -0.39 is 0 Å². The number of nitrogens with two attached hydrogens (primary N) is 1. The van der Waals surface area contributed by atoms with Gasteiger partial charge in [0.05, 0.1) is 11.0 Å². The van der Waals surface area contributed by atoms with Gasteiger partial charge in [-0.2, -0.15) is 0 Å². The summed E-state index contributed by atoms with van der Waals surface area (Å²) in [6.07, 6.45) is 0. The molecular formula is C13H18BrN5. The molecule has 0 aliphatic carbocycles. The van der Waals surface area contributed by atoms with Crippen LogP contribution in [0.25, 0.3) is 11.0 Å². The van der Waals surface area contributed by atoms with Gasteiger partial charge in [0, 0.05) is 25.1 Å². The summed E-state index contributed by atoms with van der Waals surface area (Å²) in [5, 5.41) is 0. The summed E-state index contributed by atoms with van der Waals surface area (Å²) in [4.78, 5) is 10.8. The molecule has 0 spiro atoms. The van der Waals surface area contributed by atoms with Gasteiger partial charge in [0.15, 0.2) is 5.96 Å². The van der Waals surface area contributed by atoms with E-state index in [1.807, 2.05) is 26.2 Å². The molecule has 0 unspecified atom stereocenters. The minimum Gasteiger partial charge on any atom is -0.370 e. The lowest BCUT2D eigenvalue weighted by Crippen LogP contribution is -2.30. The van der Waals surface area contributed by atoms with Gasteiger partial charge in [-0.05, 0) is 25.1 Å². The quantitative estimate of drug-likeness (QED) is 0.695. The number of aliphatic imine (C=N–C) groups is 1. The van der Waals surface area contributed by atoms with Crippen molar-refractivity contribution in [2.45, 2.75) is 20.0 Å². The average molecular weight is 324 g/mol. The molecule has 0 bridgehead atoms. The molecule has 6 heteroatoms. The smallest absolute Gasteiger partial charge is 0.191 e. The maximum Gasteiger partial charge on any atom is 0.191 e. The van der Waals surface area contributed by atoms with Crippen LogP contribution in [0.3, 0.4) is 0 Å². The Morgan fingerprint density at radius 1 is 1.47 bits per heavy atom. The maximum atomic E-state index is 5.81. The molecule has 0 fully saturated rings. The van der Waals surface area contributed by atoms with E-state index in [1.54, 1.807) is 4.90 Å². The Kier molecular flexibility index (Phi) is 4.09. The molecule has 0 atom stereocenters. The maximum absolute atomic E-state index is 5.81. The lowest BCUT2D eigenvalue weighted by atomic mass is 10.3. The highest BCUT2D eigenvalue weighted by Crippen LogP contribution is 2.21. The van der Waals surface area contributed by atoms with Crippen LogP contribution in [0.4, 0.5) is 0 Å². The highest BCUT2D eigenvalue weighted by atomic mass is 79.9. The van der Waals surface area contributed by atoms with Gasteiger partial charge in [0.2, 0.25) is 0 Å². The van der Waals surface area contributed by atoms with Crippen molar-refractivity contribution in [3.63, 3.8) is 0 Å². The van der Waals surface area contributed by atoms with Crippen molar-refractivity contribution in [2.24, 2.45) is 10.7 Å². The monoisotopic (exact) mass is 323 g/mol. The molecule has 0 saturated carbocycles. The molecule has 2 rings (SSSR count). The number of guanidine groups is 1. The number of hydrogen-bond acceptors (Lipinski definition) is 2. The zero-order valence-corrected chi connectivity index (χ0v) is 13.0. The number of aromatic nitrogens is 2. The molecule has 0 radical (unpaired) electrons. The van der Waals surface area contributed by atoms with Crippen molar-refractivity contribution in [1.29, 1.82) is 0 Å². The molecule has 2 N–H and O–H groups in total. The van der Waals surface area contributed by atoms with E-state index in [2.05, 4.69) is 43.5 Å². The SMILES string of the molecule is CCn1c(CN=C(N)N(C)C)nc2cc(Br)ccc21. The Hall–Kier alpha value is -1.56. The fourth-order valence-electron chi connectivity index (χ4n) is 1.92. The van der Waals surface area contributed by atoms with Crippen molar-refractivity contribution in [2.75, 3.05) is 14.1 Å². The molecule has 1 aromatic carbocycles. The molecule has 0 aliphatic heterocycles. The molecule has 0 aliphatic rings. The van der Waals surface area contributed by atoms with Crippen molar-refractivity contribution in [3.8, 4) is 0 Å². The van der Waals surface area contributed by atoms with E-state index in [-0.39, 0.29) is 0 Å². The van der Waals surface area contributed by atoms with Gasteiger partial charge < -0.3 is 15.2 Å². The van der Waals surface area contributed by atoms with E-state index in [1.165, 1.54) is 0 Å². The van der Waals surface area contributed by atoms with Gasteiger partial charge >= 0.3 is 0 Å². The van der Waals surface area contributed by atoms with Crippen LogP contribution in [-0.4, -0.2) is 34.5 Å². The molecule has 1 aromatic heterocycles. The number of halogens is 1. The Balaban J connectivity index is 2.40. The van der Waals surface area contributed by atoms with Gasteiger partial charge in [-0.3, -0.25) is 0 Å². The van der Waals surface area contributed by atoms with Crippen LogP contribution < -0.4 is 5.73 Å². The first-order valence-electron chi connectivity index (χ1n) is 6.14. The summed E-state index contributed by atoms with van der Waals surface area (Å²) < 4.78 is 3.19. The molecular weight excluding hydrogens is 306 g/mol. The third kappa shape index (κ3) is 2.89. The summed E-state index contributed by atoms with van der Waals surface area (Å²) in [6, 6.07) is 6.11. The van der Waals surface area contributed by atoms with Crippen molar-refractivity contribution in [3.05, 3.63) is 28.5 Å². The Morgan fingerprint density at radius 2 is 2.21 bits per heavy atom. The first kappa shape index (κ1) is 13.9. The Morgan fingerprint density at radius 3 is 2.84 bits per heavy atom. The molecule has 2 aromatic rings. The van der Waals surface area contributed by atoms with Crippen LogP contribution in [-0.2, 0) is 13.1 Å². The summed E-state index contributed by atoms with van der Waals surface area (Å²) in [5.41, 5.74) is 7.91. The van der Waals surface area contributed by atoms with Crippen LogP contribution in [0, 0.1) is 0 Å². The summed E-state index contributed by atoms with van der Waals surface area (Å²) in [5.74, 6) is 1.44.